The van der Waals surface area contributed by atoms with Crippen LogP contribution in [0.3, 0.4) is 0 Å². The average molecular weight is 639 g/mol. The molecule has 0 saturated heterocycles. The molecule has 1 aromatic heterocycles. The number of nitrogens with zero attached hydrogens (tertiary/aromatic N) is 2. The summed E-state index contributed by atoms with van der Waals surface area (Å²) in [6.07, 6.45) is 0. The lowest BCUT2D eigenvalue weighted by Crippen LogP contribution is -2.10. The van der Waals surface area contributed by atoms with Gasteiger partial charge in [-0.2, -0.15) is 0 Å². The Hall–Kier alpha value is -6.64. The molecule has 236 valence electrons. The minimum atomic E-state index is 1.10. The predicted octanol–water partition coefficient (Wildman–Crippen LogP) is 13.3. The molecule has 0 unspecified atom stereocenters. The van der Waals surface area contributed by atoms with Gasteiger partial charge in [-0.05, 0) is 88.0 Å². The Balaban J connectivity index is 1.23. The summed E-state index contributed by atoms with van der Waals surface area (Å²) < 4.78 is 2.38. The monoisotopic (exact) mass is 638 g/mol. The molecule has 0 aliphatic heterocycles. The number of para-hydroxylation sites is 2. The van der Waals surface area contributed by atoms with Gasteiger partial charge in [-0.15, -0.1) is 0 Å². The lowest BCUT2D eigenvalue weighted by Gasteiger charge is -2.27. The van der Waals surface area contributed by atoms with Crippen LogP contribution >= 0.6 is 0 Å². The van der Waals surface area contributed by atoms with Crippen molar-refractivity contribution < 1.29 is 0 Å². The van der Waals surface area contributed by atoms with Gasteiger partial charge >= 0.3 is 0 Å². The van der Waals surface area contributed by atoms with Gasteiger partial charge in [0.1, 0.15) is 0 Å². The number of rotatable bonds is 7. The number of aromatic nitrogens is 1. The van der Waals surface area contributed by atoms with Crippen molar-refractivity contribution in [2.45, 2.75) is 0 Å². The summed E-state index contributed by atoms with van der Waals surface area (Å²) in [5.41, 5.74) is 14.1. The molecule has 9 rings (SSSR count). The SMILES string of the molecule is c1ccc(-c2ccc(N(c3ccc(-c4ccccc4-c4ccccc4)cc3)c3cccc4c3c3ccccc3n4-c3ccccc3)cc2)cc1. The molecule has 0 radical (unpaired) electrons. The molecule has 0 N–H and O–H groups in total. The Kier molecular flexibility index (Phi) is 7.53. The molecule has 0 amide bonds. The smallest absolute Gasteiger partial charge is 0.0562 e. The van der Waals surface area contributed by atoms with Gasteiger partial charge in [0, 0.05) is 27.8 Å². The third-order valence-electron chi connectivity index (χ3n) is 9.61. The van der Waals surface area contributed by atoms with Gasteiger partial charge in [-0.3, -0.25) is 0 Å². The Morgan fingerprint density at radius 3 is 1.42 bits per heavy atom. The van der Waals surface area contributed by atoms with Crippen LogP contribution in [0.5, 0.6) is 0 Å². The molecule has 50 heavy (non-hydrogen) atoms. The van der Waals surface area contributed by atoms with Crippen molar-refractivity contribution in [3.8, 4) is 39.1 Å². The van der Waals surface area contributed by atoms with Crippen LogP contribution in [-0.4, -0.2) is 4.57 Å². The van der Waals surface area contributed by atoms with Gasteiger partial charge in [-0.25, -0.2) is 0 Å². The van der Waals surface area contributed by atoms with Crippen molar-refractivity contribution in [3.05, 3.63) is 206 Å². The standard InChI is InChI=1S/C48H34N2/c1-4-15-35(16-5-1)36-27-31-40(32-28-36)49(41-33-29-38(30-34-41)43-22-11-10-21-42(43)37-17-6-2-7-18-37)46-25-14-26-47-48(46)44-23-12-13-24-45(44)50(47)39-19-8-3-9-20-39/h1-34H. The Bertz CT molecular complexity index is 2550. The molecule has 0 spiro atoms. The van der Waals surface area contributed by atoms with Crippen LogP contribution in [0.15, 0.2) is 206 Å². The highest BCUT2D eigenvalue weighted by Crippen LogP contribution is 2.44. The molecule has 2 nitrogen and oxygen atoms in total. The maximum Gasteiger partial charge on any atom is 0.0562 e. The Labute approximate surface area is 292 Å². The number of hydrogen-bond donors (Lipinski definition) is 0. The number of anilines is 3. The van der Waals surface area contributed by atoms with Gasteiger partial charge in [0.25, 0.3) is 0 Å². The summed E-state index contributed by atoms with van der Waals surface area (Å²) in [7, 11) is 0. The van der Waals surface area contributed by atoms with Gasteiger partial charge in [0.05, 0.1) is 16.7 Å². The first-order chi connectivity index (χ1) is 24.8. The van der Waals surface area contributed by atoms with Crippen LogP contribution in [-0.2, 0) is 0 Å². The van der Waals surface area contributed by atoms with Crippen molar-refractivity contribution >= 4 is 38.9 Å². The fraction of sp³-hybridized carbons (Fsp3) is 0. The first-order valence-electron chi connectivity index (χ1n) is 17.1. The molecule has 0 saturated carbocycles. The zero-order chi connectivity index (χ0) is 33.3. The molecule has 0 fully saturated rings. The second kappa shape index (κ2) is 12.8. The summed E-state index contributed by atoms with van der Waals surface area (Å²) in [5, 5.41) is 2.44. The van der Waals surface area contributed by atoms with E-state index < -0.39 is 0 Å². The van der Waals surface area contributed by atoms with Gasteiger partial charge in [0.15, 0.2) is 0 Å². The molecule has 9 aromatic rings. The molecule has 1 heterocycles. The van der Waals surface area contributed by atoms with Crippen LogP contribution in [0.25, 0.3) is 60.9 Å². The topological polar surface area (TPSA) is 8.17 Å². The van der Waals surface area contributed by atoms with Crippen LogP contribution in [0.4, 0.5) is 17.1 Å². The molecule has 0 aliphatic rings. The van der Waals surface area contributed by atoms with E-state index in [1.165, 1.54) is 55.2 Å². The van der Waals surface area contributed by atoms with E-state index in [-0.39, 0.29) is 0 Å². The molecule has 8 aromatic carbocycles. The molecular weight excluding hydrogens is 605 g/mol. The van der Waals surface area contributed by atoms with Crippen LogP contribution in [0.1, 0.15) is 0 Å². The van der Waals surface area contributed by atoms with Gasteiger partial charge < -0.3 is 9.47 Å². The zero-order valence-electron chi connectivity index (χ0n) is 27.5. The summed E-state index contributed by atoms with van der Waals surface area (Å²) >= 11 is 0. The van der Waals surface area contributed by atoms with E-state index in [4.69, 9.17) is 0 Å². The third kappa shape index (κ3) is 5.24. The van der Waals surface area contributed by atoms with E-state index in [1.807, 2.05) is 0 Å². The van der Waals surface area contributed by atoms with Gasteiger partial charge in [-0.1, -0.05) is 152 Å². The molecule has 0 aliphatic carbocycles. The molecular formula is C48H34N2. The fourth-order valence-electron chi connectivity index (χ4n) is 7.30. The summed E-state index contributed by atoms with van der Waals surface area (Å²) in [4.78, 5) is 2.41. The highest BCUT2D eigenvalue weighted by Gasteiger charge is 2.21. The summed E-state index contributed by atoms with van der Waals surface area (Å²) in [6, 6.07) is 74.0. The van der Waals surface area contributed by atoms with Gasteiger partial charge in [0.2, 0.25) is 0 Å². The third-order valence-corrected chi connectivity index (χ3v) is 9.61. The lowest BCUT2D eigenvalue weighted by atomic mass is 9.94. The van der Waals surface area contributed by atoms with E-state index in [2.05, 4.69) is 216 Å². The van der Waals surface area contributed by atoms with Crippen LogP contribution in [0, 0.1) is 0 Å². The van der Waals surface area contributed by atoms with E-state index in [0.29, 0.717) is 0 Å². The molecule has 2 heteroatoms. The second-order valence-electron chi connectivity index (χ2n) is 12.6. The average Bonchev–Trinajstić information content (AvgIpc) is 3.55. The maximum absolute atomic E-state index is 2.41. The Morgan fingerprint density at radius 1 is 0.320 bits per heavy atom. The summed E-state index contributed by atoms with van der Waals surface area (Å²) in [6.45, 7) is 0. The van der Waals surface area contributed by atoms with Crippen LogP contribution in [0.2, 0.25) is 0 Å². The first-order valence-corrected chi connectivity index (χ1v) is 17.1. The minimum Gasteiger partial charge on any atom is -0.310 e. The maximum atomic E-state index is 2.41. The van der Waals surface area contributed by atoms with E-state index in [0.717, 1.165) is 22.7 Å². The van der Waals surface area contributed by atoms with E-state index in [1.54, 1.807) is 0 Å². The quantitative estimate of drug-likeness (QED) is 0.169. The second-order valence-corrected chi connectivity index (χ2v) is 12.6. The van der Waals surface area contributed by atoms with Crippen molar-refractivity contribution in [1.82, 2.24) is 4.57 Å². The zero-order valence-corrected chi connectivity index (χ0v) is 27.5. The fourth-order valence-corrected chi connectivity index (χ4v) is 7.30. The number of hydrogen-bond acceptors (Lipinski definition) is 1. The largest absolute Gasteiger partial charge is 0.310 e. The normalized spacial score (nSPS) is 11.2. The molecule has 0 bridgehead atoms. The highest BCUT2D eigenvalue weighted by atomic mass is 15.1. The highest BCUT2D eigenvalue weighted by molar-refractivity contribution is 6.16. The van der Waals surface area contributed by atoms with Crippen molar-refractivity contribution in [1.29, 1.82) is 0 Å². The molecule has 0 atom stereocenters. The number of benzene rings is 8. The minimum absolute atomic E-state index is 1.10. The van der Waals surface area contributed by atoms with Crippen molar-refractivity contribution in [3.63, 3.8) is 0 Å². The van der Waals surface area contributed by atoms with E-state index >= 15 is 0 Å². The Morgan fingerprint density at radius 2 is 0.780 bits per heavy atom. The summed E-state index contributed by atoms with van der Waals surface area (Å²) in [5.74, 6) is 0. The van der Waals surface area contributed by atoms with Crippen LogP contribution < -0.4 is 4.90 Å². The predicted molar refractivity (Wildman–Crippen MR) is 212 cm³/mol. The lowest BCUT2D eigenvalue weighted by molar-refractivity contribution is 1.18. The van der Waals surface area contributed by atoms with Crippen molar-refractivity contribution in [2.24, 2.45) is 0 Å². The first kappa shape index (κ1) is 29.5. The van der Waals surface area contributed by atoms with E-state index in [9.17, 15) is 0 Å². The number of fused-ring (bicyclic) bond motifs is 3. The van der Waals surface area contributed by atoms with Crippen molar-refractivity contribution in [2.75, 3.05) is 4.90 Å².